The second-order valence-electron chi connectivity index (χ2n) is 10.4. The first kappa shape index (κ1) is 29.6. The summed E-state index contributed by atoms with van der Waals surface area (Å²) in [5.41, 5.74) is 0.0988. The van der Waals surface area contributed by atoms with E-state index in [9.17, 15) is 13.2 Å². The molecule has 1 atom stereocenters. The van der Waals surface area contributed by atoms with Crippen LogP contribution in [0.3, 0.4) is 0 Å². The van der Waals surface area contributed by atoms with Gasteiger partial charge in [0, 0.05) is 50.9 Å². The average molecular weight is 568 g/mol. The maximum absolute atomic E-state index is 13.7. The standard InChI is InChI=1S/C28H37ClF3N5O2/c1-18(17-38-2)33-14-19-3-5-21(6-4-19)36-26-13-22(24(29)16-34-26)25-8-7-23(28(30,31)32)27(37-25)35-15-20-9-11-39-12-10-20/h7-8,13-14,16,18-21H,3-6,9-12,15,17H2,1-2H3,(H,34,36)(H,35,37)/t18-,19?,21?/m1/s1. The normalized spacial score (nSPS) is 21.7. The van der Waals surface area contributed by atoms with Crippen LogP contribution in [0.2, 0.25) is 5.02 Å². The fourth-order valence-electron chi connectivity index (χ4n) is 5.05. The summed E-state index contributed by atoms with van der Waals surface area (Å²) in [5, 5.41) is 6.75. The Morgan fingerprint density at radius 2 is 1.92 bits per heavy atom. The van der Waals surface area contributed by atoms with E-state index in [0.29, 0.717) is 54.4 Å². The van der Waals surface area contributed by atoms with Crippen molar-refractivity contribution in [3.8, 4) is 11.3 Å². The fraction of sp³-hybridized carbons (Fsp3) is 0.607. The molecule has 2 aliphatic rings. The van der Waals surface area contributed by atoms with Gasteiger partial charge in [-0.25, -0.2) is 9.97 Å². The number of aliphatic imine (C=N–C) groups is 1. The molecule has 4 rings (SSSR count). The van der Waals surface area contributed by atoms with Crippen LogP contribution in [0.25, 0.3) is 11.3 Å². The van der Waals surface area contributed by atoms with Gasteiger partial charge in [-0.1, -0.05) is 11.6 Å². The molecule has 0 bridgehead atoms. The SMILES string of the molecule is COC[C@@H](C)N=CC1CCC(Nc2cc(-c3ccc(C(F)(F)F)c(NCC4CCOCC4)n3)c(Cl)cn2)CC1. The molecule has 2 fully saturated rings. The van der Waals surface area contributed by atoms with Crippen LogP contribution in [-0.2, 0) is 15.7 Å². The van der Waals surface area contributed by atoms with Gasteiger partial charge in [-0.15, -0.1) is 0 Å². The zero-order valence-corrected chi connectivity index (χ0v) is 23.2. The highest BCUT2D eigenvalue weighted by Crippen LogP contribution is 2.37. The van der Waals surface area contributed by atoms with Gasteiger partial charge in [0.1, 0.15) is 11.6 Å². The van der Waals surface area contributed by atoms with Gasteiger partial charge < -0.3 is 20.1 Å². The topological polar surface area (TPSA) is 80.7 Å². The molecule has 0 aromatic carbocycles. The van der Waals surface area contributed by atoms with Crippen LogP contribution in [-0.4, -0.2) is 61.7 Å². The number of alkyl halides is 3. The Bertz CT molecular complexity index is 1100. The molecule has 0 radical (unpaired) electrons. The van der Waals surface area contributed by atoms with Crippen molar-refractivity contribution >= 4 is 29.5 Å². The second-order valence-corrected chi connectivity index (χ2v) is 10.8. The van der Waals surface area contributed by atoms with Gasteiger partial charge in [-0.05, 0) is 75.5 Å². The predicted octanol–water partition coefficient (Wildman–Crippen LogP) is 6.73. The minimum Gasteiger partial charge on any atom is -0.382 e. The molecule has 0 unspecified atom stereocenters. The van der Waals surface area contributed by atoms with Gasteiger partial charge >= 0.3 is 6.18 Å². The van der Waals surface area contributed by atoms with Crippen molar-refractivity contribution in [1.82, 2.24) is 9.97 Å². The van der Waals surface area contributed by atoms with E-state index in [0.717, 1.165) is 44.6 Å². The Hall–Kier alpha value is -2.43. The van der Waals surface area contributed by atoms with E-state index in [2.05, 4.69) is 31.8 Å². The van der Waals surface area contributed by atoms with Crippen molar-refractivity contribution in [2.24, 2.45) is 16.8 Å². The van der Waals surface area contributed by atoms with E-state index >= 15 is 0 Å². The summed E-state index contributed by atoms with van der Waals surface area (Å²) in [7, 11) is 1.68. The van der Waals surface area contributed by atoms with Crippen LogP contribution in [0, 0.1) is 11.8 Å². The highest BCUT2D eigenvalue weighted by molar-refractivity contribution is 6.33. The van der Waals surface area contributed by atoms with E-state index < -0.39 is 11.7 Å². The molecule has 1 saturated heterocycles. The number of anilines is 2. The average Bonchev–Trinajstić information content (AvgIpc) is 2.92. The number of halogens is 4. The lowest BCUT2D eigenvalue weighted by atomic mass is 9.86. The number of nitrogens with one attached hydrogen (secondary N) is 2. The molecule has 1 aliphatic carbocycles. The quantitative estimate of drug-likeness (QED) is 0.310. The smallest absolute Gasteiger partial charge is 0.382 e. The molecule has 2 N–H and O–H groups in total. The molecule has 1 saturated carbocycles. The summed E-state index contributed by atoms with van der Waals surface area (Å²) < 4.78 is 51.7. The van der Waals surface area contributed by atoms with Gasteiger partial charge in [-0.3, -0.25) is 4.99 Å². The van der Waals surface area contributed by atoms with E-state index in [1.54, 1.807) is 13.2 Å². The maximum Gasteiger partial charge on any atom is 0.419 e. The number of ether oxygens (including phenoxy) is 2. The molecular weight excluding hydrogens is 531 g/mol. The van der Waals surface area contributed by atoms with Crippen LogP contribution in [0.5, 0.6) is 0 Å². The Labute approximate surface area is 233 Å². The lowest BCUT2D eigenvalue weighted by molar-refractivity contribution is -0.137. The molecule has 0 amide bonds. The van der Waals surface area contributed by atoms with Gasteiger partial charge in [0.25, 0.3) is 0 Å². The molecule has 2 aromatic heterocycles. The predicted molar refractivity (Wildman–Crippen MR) is 149 cm³/mol. The van der Waals surface area contributed by atoms with Crippen LogP contribution in [0.4, 0.5) is 24.8 Å². The van der Waals surface area contributed by atoms with Crippen molar-refractivity contribution < 1.29 is 22.6 Å². The third-order valence-corrected chi connectivity index (χ3v) is 7.62. The van der Waals surface area contributed by atoms with Gasteiger partial charge in [-0.2, -0.15) is 13.2 Å². The van der Waals surface area contributed by atoms with E-state index in [1.807, 2.05) is 6.92 Å². The van der Waals surface area contributed by atoms with E-state index in [4.69, 9.17) is 21.1 Å². The Balaban J connectivity index is 1.44. The van der Waals surface area contributed by atoms with E-state index in [-0.39, 0.29) is 23.8 Å². The number of methoxy groups -OCH3 is 1. The summed E-state index contributed by atoms with van der Waals surface area (Å²) in [6, 6.07) is 4.58. The number of nitrogens with zero attached hydrogens (tertiary/aromatic N) is 3. The summed E-state index contributed by atoms with van der Waals surface area (Å²) in [6.45, 7) is 4.29. The van der Waals surface area contributed by atoms with Gasteiger partial charge in [0.15, 0.2) is 0 Å². The fourth-order valence-corrected chi connectivity index (χ4v) is 5.25. The van der Waals surface area contributed by atoms with Crippen molar-refractivity contribution in [1.29, 1.82) is 0 Å². The van der Waals surface area contributed by atoms with Crippen LogP contribution in [0.15, 0.2) is 29.4 Å². The molecule has 0 spiro atoms. The number of rotatable bonds is 10. The Morgan fingerprint density at radius 1 is 1.18 bits per heavy atom. The molecule has 11 heteroatoms. The molecule has 3 heterocycles. The van der Waals surface area contributed by atoms with E-state index in [1.165, 1.54) is 12.3 Å². The minimum absolute atomic E-state index is 0.152. The molecular formula is C28H37ClF3N5O2. The number of hydrogen-bond donors (Lipinski definition) is 2. The largest absolute Gasteiger partial charge is 0.419 e. The second kappa shape index (κ2) is 13.8. The summed E-state index contributed by atoms with van der Waals surface area (Å²) in [5.74, 6) is 1.12. The highest BCUT2D eigenvalue weighted by atomic mass is 35.5. The molecule has 214 valence electrons. The van der Waals surface area contributed by atoms with Crippen molar-refractivity contribution in [2.45, 2.75) is 63.7 Å². The summed E-state index contributed by atoms with van der Waals surface area (Å²) in [4.78, 5) is 13.4. The summed E-state index contributed by atoms with van der Waals surface area (Å²) >= 11 is 6.45. The first-order chi connectivity index (χ1) is 18.7. The zero-order chi connectivity index (χ0) is 27.8. The molecule has 39 heavy (non-hydrogen) atoms. The van der Waals surface area contributed by atoms with Crippen LogP contribution >= 0.6 is 11.6 Å². The minimum atomic E-state index is -4.52. The Kier molecular flexibility index (Phi) is 10.4. The van der Waals surface area contributed by atoms with Gasteiger partial charge in [0.2, 0.25) is 0 Å². The Morgan fingerprint density at radius 3 is 2.62 bits per heavy atom. The zero-order valence-electron chi connectivity index (χ0n) is 22.4. The molecule has 2 aromatic rings. The van der Waals surface area contributed by atoms with Crippen molar-refractivity contribution in [3.63, 3.8) is 0 Å². The molecule has 1 aliphatic heterocycles. The first-order valence-electron chi connectivity index (χ1n) is 13.6. The first-order valence-corrected chi connectivity index (χ1v) is 13.9. The maximum atomic E-state index is 13.7. The van der Waals surface area contributed by atoms with Crippen LogP contribution in [0.1, 0.15) is 51.0 Å². The van der Waals surface area contributed by atoms with Crippen LogP contribution < -0.4 is 10.6 Å². The van der Waals surface area contributed by atoms with Crippen molar-refractivity contribution in [3.05, 3.63) is 35.0 Å². The number of hydrogen-bond acceptors (Lipinski definition) is 7. The highest BCUT2D eigenvalue weighted by Gasteiger charge is 2.35. The monoisotopic (exact) mass is 567 g/mol. The van der Waals surface area contributed by atoms with Crippen molar-refractivity contribution in [2.75, 3.05) is 44.1 Å². The third-order valence-electron chi connectivity index (χ3n) is 7.31. The third kappa shape index (κ3) is 8.53. The lowest BCUT2D eigenvalue weighted by Gasteiger charge is -2.28. The van der Waals surface area contributed by atoms with Gasteiger partial charge in [0.05, 0.1) is 28.9 Å². The molecule has 7 nitrogen and oxygen atoms in total. The number of aromatic nitrogens is 2. The number of pyridine rings is 2. The summed E-state index contributed by atoms with van der Waals surface area (Å²) in [6.07, 6.45) is 4.63. The lowest BCUT2D eigenvalue weighted by Crippen LogP contribution is -2.27.